The standard InChI is InChI=1S/C13H20BrNO2/c1-5-15-10(17)13-7-6-12(4,11(13,2)3)9(16)8(13)14/h8H,5-7H2,1-4H3,(H,15,17)/t8-,12+,13-/m0/s1. The highest BCUT2D eigenvalue weighted by atomic mass is 79.9. The number of ketones is 1. The molecule has 0 spiro atoms. The molecular formula is C13H20BrNO2. The first-order chi connectivity index (χ1) is 7.75. The second-order valence-corrected chi connectivity index (χ2v) is 6.93. The van der Waals surface area contributed by atoms with Gasteiger partial charge in [0, 0.05) is 12.0 Å². The summed E-state index contributed by atoms with van der Waals surface area (Å²) in [6.07, 6.45) is 1.61. The molecule has 0 aromatic heterocycles. The third kappa shape index (κ3) is 1.18. The third-order valence-corrected chi connectivity index (χ3v) is 6.66. The molecule has 2 bridgehead atoms. The Bertz CT molecular complexity index is 393. The molecule has 0 unspecified atom stereocenters. The predicted octanol–water partition coefficient (Wildman–Crippen LogP) is 2.28. The number of rotatable bonds is 2. The Morgan fingerprint density at radius 2 is 2.00 bits per heavy atom. The molecule has 3 nitrogen and oxygen atoms in total. The number of nitrogens with one attached hydrogen (secondary N) is 1. The van der Waals surface area contributed by atoms with Crippen LogP contribution in [0.4, 0.5) is 0 Å². The molecule has 0 aliphatic heterocycles. The summed E-state index contributed by atoms with van der Waals surface area (Å²) in [5, 5.41) is 2.91. The third-order valence-electron chi connectivity index (χ3n) is 5.46. The predicted molar refractivity (Wildman–Crippen MR) is 70.0 cm³/mol. The van der Waals surface area contributed by atoms with Crippen LogP contribution in [0.2, 0.25) is 0 Å². The second-order valence-electron chi connectivity index (χ2n) is 6.01. The van der Waals surface area contributed by atoms with Crippen molar-refractivity contribution in [3.05, 3.63) is 0 Å². The number of halogens is 1. The van der Waals surface area contributed by atoms with E-state index in [4.69, 9.17) is 0 Å². The SMILES string of the molecule is CCNC(=O)[C@]12CC[C@](C)(C(=O)[C@@H]1Br)C2(C)C. The minimum Gasteiger partial charge on any atom is -0.356 e. The number of hydrogen-bond donors (Lipinski definition) is 1. The summed E-state index contributed by atoms with van der Waals surface area (Å²) < 4.78 is 0. The van der Waals surface area contributed by atoms with E-state index in [-0.39, 0.29) is 27.3 Å². The average molecular weight is 302 g/mol. The van der Waals surface area contributed by atoms with E-state index in [9.17, 15) is 9.59 Å². The topological polar surface area (TPSA) is 46.2 Å². The van der Waals surface area contributed by atoms with Crippen LogP contribution in [0.3, 0.4) is 0 Å². The average Bonchev–Trinajstić information content (AvgIpc) is 2.52. The lowest BCUT2D eigenvalue weighted by Gasteiger charge is -2.39. The zero-order chi connectivity index (χ0) is 13.1. The summed E-state index contributed by atoms with van der Waals surface area (Å²) in [5.74, 6) is 0.224. The van der Waals surface area contributed by atoms with E-state index in [0.29, 0.717) is 6.54 Å². The van der Waals surface area contributed by atoms with Crippen LogP contribution in [0.5, 0.6) is 0 Å². The molecule has 1 N–H and O–H groups in total. The molecule has 0 saturated heterocycles. The summed E-state index contributed by atoms with van der Waals surface area (Å²) in [5.41, 5.74) is -1.23. The molecule has 2 fully saturated rings. The van der Waals surface area contributed by atoms with Crippen molar-refractivity contribution < 1.29 is 9.59 Å². The maximum absolute atomic E-state index is 12.4. The van der Waals surface area contributed by atoms with Gasteiger partial charge in [-0.25, -0.2) is 0 Å². The maximum atomic E-state index is 12.4. The molecule has 0 aromatic carbocycles. The zero-order valence-corrected chi connectivity index (χ0v) is 12.5. The number of carbonyl (C=O) groups is 2. The van der Waals surface area contributed by atoms with Crippen LogP contribution in [0.15, 0.2) is 0 Å². The molecular weight excluding hydrogens is 282 g/mol. The molecule has 0 radical (unpaired) electrons. The maximum Gasteiger partial charge on any atom is 0.228 e. The second kappa shape index (κ2) is 3.56. The normalized spacial score (nSPS) is 42.9. The molecule has 2 saturated carbocycles. The van der Waals surface area contributed by atoms with E-state index in [1.165, 1.54) is 0 Å². The molecule has 2 rings (SSSR count). The van der Waals surface area contributed by atoms with Gasteiger partial charge in [-0.05, 0) is 25.2 Å². The zero-order valence-electron chi connectivity index (χ0n) is 10.9. The Labute approximate surface area is 111 Å². The lowest BCUT2D eigenvalue weighted by Crippen LogP contribution is -2.50. The number of carbonyl (C=O) groups excluding carboxylic acids is 2. The van der Waals surface area contributed by atoms with E-state index >= 15 is 0 Å². The van der Waals surface area contributed by atoms with Gasteiger partial charge in [0.25, 0.3) is 0 Å². The van der Waals surface area contributed by atoms with Gasteiger partial charge in [-0.1, -0.05) is 36.7 Å². The van der Waals surface area contributed by atoms with Gasteiger partial charge in [-0.2, -0.15) is 0 Å². The van der Waals surface area contributed by atoms with E-state index in [0.717, 1.165) is 12.8 Å². The van der Waals surface area contributed by atoms with Gasteiger partial charge < -0.3 is 5.32 Å². The monoisotopic (exact) mass is 301 g/mol. The van der Waals surface area contributed by atoms with Crippen molar-refractivity contribution in [2.24, 2.45) is 16.2 Å². The van der Waals surface area contributed by atoms with Gasteiger partial charge >= 0.3 is 0 Å². The highest BCUT2D eigenvalue weighted by Crippen LogP contribution is 2.72. The van der Waals surface area contributed by atoms with E-state index in [1.807, 2.05) is 13.8 Å². The van der Waals surface area contributed by atoms with Gasteiger partial charge in [0.15, 0.2) is 5.78 Å². The lowest BCUT2D eigenvalue weighted by molar-refractivity contribution is -0.135. The first-order valence-electron chi connectivity index (χ1n) is 6.22. The van der Waals surface area contributed by atoms with Crippen molar-refractivity contribution in [2.75, 3.05) is 6.54 Å². The lowest BCUT2D eigenvalue weighted by atomic mass is 9.64. The van der Waals surface area contributed by atoms with Gasteiger partial charge in [-0.15, -0.1) is 0 Å². The first kappa shape index (κ1) is 13.1. The smallest absolute Gasteiger partial charge is 0.228 e. The first-order valence-corrected chi connectivity index (χ1v) is 7.14. The van der Waals surface area contributed by atoms with Gasteiger partial charge in [0.1, 0.15) is 0 Å². The summed E-state index contributed by atoms with van der Waals surface area (Å²) in [4.78, 5) is 24.5. The van der Waals surface area contributed by atoms with Crippen LogP contribution in [-0.2, 0) is 9.59 Å². The summed E-state index contributed by atoms with van der Waals surface area (Å²) in [6.45, 7) is 8.66. The van der Waals surface area contributed by atoms with Crippen LogP contribution < -0.4 is 5.32 Å². The van der Waals surface area contributed by atoms with Crippen LogP contribution in [0.1, 0.15) is 40.5 Å². The van der Waals surface area contributed by atoms with E-state index in [1.54, 1.807) is 0 Å². The summed E-state index contributed by atoms with van der Waals surface area (Å²) >= 11 is 3.49. The Balaban J connectivity index is 2.54. The Kier molecular flexibility index (Phi) is 2.74. The van der Waals surface area contributed by atoms with Crippen LogP contribution in [0.25, 0.3) is 0 Å². The minimum absolute atomic E-state index is 0.0291. The Hall–Kier alpha value is -0.380. The van der Waals surface area contributed by atoms with Crippen molar-refractivity contribution in [3.63, 3.8) is 0 Å². The van der Waals surface area contributed by atoms with Crippen molar-refractivity contribution in [2.45, 2.75) is 45.4 Å². The summed E-state index contributed by atoms with van der Waals surface area (Å²) in [7, 11) is 0. The number of hydrogen-bond acceptors (Lipinski definition) is 2. The van der Waals surface area contributed by atoms with Crippen molar-refractivity contribution >= 4 is 27.6 Å². The van der Waals surface area contributed by atoms with Crippen molar-refractivity contribution in [1.29, 1.82) is 0 Å². The molecule has 2 aliphatic carbocycles. The number of fused-ring (bicyclic) bond motifs is 2. The van der Waals surface area contributed by atoms with Crippen LogP contribution in [-0.4, -0.2) is 23.1 Å². The minimum atomic E-state index is -0.575. The largest absolute Gasteiger partial charge is 0.356 e. The number of amides is 1. The van der Waals surface area contributed by atoms with Gasteiger partial charge in [0.05, 0.1) is 10.2 Å². The fraction of sp³-hybridized carbons (Fsp3) is 0.846. The molecule has 17 heavy (non-hydrogen) atoms. The molecule has 1 amide bonds. The molecule has 4 heteroatoms. The molecule has 2 aliphatic rings. The van der Waals surface area contributed by atoms with Gasteiger partial charge in [-0.3, -0.25) is 9.59 Å². The van der Waals surface area contributed by atoms with Crippen LogP contribution >= 0.6 is 15.9 Å². The quantitative estimate of drug-likeness (QED) is 0.796. The highest BCUT2D eigenvalue weighted by Gasteiger charge is 2.76. The molecule has 3 atom stereocenters. The Morgan fingerprint density at radius 3 is 2.41 bits per heavy atom. The summed E-state index contributed by atoms with van der Waals surface area (Å²) in [6, 6.07) is 0. The van der Waals surface area contributed by atoms with E-state index in [2.05, 4.69) is 35.1 Å². The molecule has 0 heterocycles. The fourth-order valence-corrected chi connectivity index (χ4v) is 5.29. The number of Topliss-reactive ketones (excluding diaryl/α,β-unsaturated/α-hetero) is 1. The highest BCUT2D eigenvalue weighted by molar-refractivity contribution is 9.10. The van der Waals surface area contributed by atoms with Gasteiger partial charge in [0.2, 0.25) is 5.91 Å². The van der Waals surface area contributed by atoms with Crippen molar-refractivity contribution in [1.82, 2.24) is 5.32 Å². The number of alkyl halides is 1. The molecule has 0 aromatic rings. The van der Waals surface area contributed by atoms with Crippen molar-refractivity contribution in [3.8, 4) is 0 Å². The Morgan fingerprint density at radius 1 is 1.41 bits per heavy atom. The molecule has 96 valence electrons. The van der Waals surface area contributed by atoms with E-state index < -0.39 is 5.41 Å². The fourth-order valence-electron chi connectivity index (χ4n) is 3.77. The van der Waals surface area contributed by atoms with Crippen LogP contribution in [0, 0.1) is 16.2 Å².